The number of carbonyl (C=O) groups excluding carboxylic acids is 1. The molecule has 0 aromatic rings. The van der Waals surface area contributed by atoms with Crippen molar-refractivity contribution in [2.75, 3.05) is 19.8 Å². The van der Waals surface area contributed by atoms with Gasteiger partial charge >= 0.3 is 6.09 Å². The monoisotopic (exact) mass is 337 g/mol. The number of allylic oxidation sites excluding steroid dienone is 2. The van der Waals surface area contributed by atoms with Crippen molar-refractivity contribution >= 4 is 14.4 Å². The average Bonchev–Trinajstić information content (AvgIpc) is 2.84. The maximum Gasteiger partial charge on any atom is 0.413 e. The van der Waals surface area contributed by atoms with Crippen LogP contribution >= 0.6 is 0 Å². The second-order valence-electron chi connectivity index (χ2n) is 8.22. The maximum absolute atomic E-state index is 11.6. The smallest absolute Gasteiger partial charge is 0.413 e. The molecule has 1 amide bonds. The maximum atomic E-state index is 11.6. The molecule has 1 fully saturated rings. The minimum absolute atomic E-state index is 0.228. The Kier molecular flexibility index (Phi) is 5.41. The topological polar surface area (TPSA) is 38.8 Å². The molecule has 23 heavy (non-hydrogen) atoms. The van der Waals surface area contributed by atoms with Crippen LogP contribution in [-0.2, 0) is 9.16 Å². The molecule has 0 saturated carbocycles. The van der Waals surface area contributed by atoms with Crippen molar-refractivity contribution in [1.82, 2.24) is 4.90 Å². The second kappa shape index (κ2) is 6.81. The average molecular weight is 338 g/mol. The van der Waals surface area contributed by atoms with Gasteiger partial charge in [-0.25, -0.2) is 4.79 Å². The molecule has 1 aliphatic carbocycles. The van der Waals surface area contributed by atoms with Gasteiger partial charge in [0.05, 0.1) is 6.54 Å². The summed E-state index contributed by atoms with van der Waals surface area (Å²) >= 11 is 0. The van der Waals surface area contributed by atoms with Gasteiger partial charge in [0, 0.05) is 18.7 Å². The van der Waals surface area contributed by atoms with Gasteiger partial charge in [0.15, 0.2) is 8.32 Å². The Morgan fingerprint density at radius 2 is 2.09 bits per heavy atom. The lowest BCUT2D eigenvalue weighted by molar-refractivity contribution is 0.166. The Labute approximate surface area is 141 Å². The van der Waals surface area contributed by atoms with Crippen LogP contribution in [0.3, 0.4) is 0 Å². The number of hydrogen-bond acceptors (Lipinski definition) is 3. The molecule has 1 heterocycles. The summed E-state index contributed by atoms with van der Waals surface area (Å²) in [6.45, 7) is 15.5. The van der Waals surface area contributed by atoms with Gasteiger partial charge in [0.1, 0.15) is 6.61 Å². The van der Waals surface area contributed by atoms with Crippen molar-refractivity contribution in [2.45, 2.75) is 52.2 Å². The summed E-state index contributed by atoms with van der Waals surface area (Å²) in [4.78, 5) is 13.3. The summed E-state index contributed by atoms with van der Waals surface area (Å²) in [5, 5.41) is 0.233. The van der Waals surface area contributed by atoms with E-state index in [-0.39, 0.29) is 11.1 Å². The fraction of sp³-hybridized carbons (Fsp3) is 0.722. The van der Waals surface area contributed by atoms with Crippen molar-refractivity contribution < 1.29 is 14.0 Å². The molecule has 0 radical (unpaired) electrons. The molecule has 0 aromatic heterocycles. The zero-order chi connectivity index (χ0) is 17.3. The number of nitrogens with zero attached hydrogens (tertiary/aromatic N) is 1. The van der Waals surface area contributed by atoms with Gasteiger partial charge in [-0.05, 0) is 36.0 Å². The zero-order valence-electron chi connectivity index (χ0n) is 15.4. The molecule has 1 aliphatic heterocycles. The lowest BCUT2D eigenvalue weighted by atomic mass is 9.85. The van der Waals surface area contributed by atoms with Crippen LogP contribution in [0.1, 0.15) is 34.1 Å². The number of ether oxygens (including phenoxy) is 1. The van der Waals surface area contributed by atoms with E-state index < -0.39 is 8.32 Å². The van der Waals surface area contributed by atoms with E-state index in [2.05, 4.69) is 52.9 Å². The molecule has 2 atom stereocenters. The van der Waals surface area contributed by atoms with Crippen molar-refractivity contribution in [3.05, 3.63) is 23.9 Å². The molecular weight excluding hydrogens is 306 g/mol. The molecule has 0 bridgehead atoms. The van der Waals surface area contributed by atoms with Crippen LogP contribution in [0.5, 0.6) is 0 Å². The van der Waals surface area contributed by atoms with E-state index in [1.165, 1.54) is 5.57 Å². The van der Waals surface area contributed by atoms with Gasteiger partial charge in [0.2, 0.25) is 0 Å². The summed E-state index contributed by atoms with van der Waals surface area (Å²) < 4.78 is 11.4. The van der Waals surface area contributed by atoms with E-state index in [0.29, 0.717) is 25.0 Å². The second-order valence-corrected chi connectivity index (χ2v) is 13.0. The third-order valence-corrected chi connectivity index (χ3v) is 9.83. The number of rotatable bonds is 4. The first kappa shape index (κ1) is 18.3. The largest absolute Gasteiger partial charge is 0.447 e. The van der Waals surface area contributed by atoms with Crippen LogP contribution in [0.2, 0.25) is 18.1 Å². The SMILES string of the molecule is C[C@@H]1C=C[C@H](CO[Si](C)(C)C(C)(C)C)C/C1=C/N1CCOC1=O. The van der Waals surface area contributed by atoms with Crippen LogP contribution in [-0.4, -0.2) is 39.1 Å². The zero-order valence-corrected chi connectivity index (χ0v) is 16.4. The molecule has 130 valence electrons. The fourth-order valence-corrected chi connectivity index (χ4v) is 3.61. The number of hydrogen-bond donors (Lipinski definition) is 0. The first-order valence-corrected chi connectivity index (χ1v) is 11.5. The first-order chi connectivity index (χ1) is 10.6. The minimum atomic E-state index is -1.71. The lowest BCUT2D eigenvalue weighted by Gasteiger charge is -2.37. The summed E-state index contributed by atoms with van der Waals surface area (Å²) in [5.41, 5.74) is 1.29. The van der Waals surface area contributed by atoms with E-state index in [9.17, 15) is 4.79 Å². The predicted molar refractivity (Wildman–Crippen MR) is 95.7 cm³/mol. The standard InChI is InChI=1S/C18H31NO3Si/c1-14-7-8-15(13-22-23(5,6)18(2,3)4)11-16(14)12-19-9-10-21-17(19)20/h7-8,12,14-15H,9-11,13H2,1-6H3/b16-12-/t14-,15+/m1/s1. The van der Waals surface area contributed by atoms with E-state index in [1.807, 2.05) is 6.20 Å². The van der Waals surface area contributed by atoms with E-state index in [4.69, 9.17) is 9.16 Å². The third kappa shape index (κ3) is 4.48. The Bertz CT molecular complexity index is 505. The highest BCUT2D eigenvalue weighted by Crippen LogP contribution is 2.37. The fourth-order valence-electron chi connectivity index (χ4n) is 2.54. The molecular formula is C18H31NO3Si. The van der Waals surface area contributed by atoms with E-state index in [1.54, 1.807) is 4.90 Å². The Hall–Kier alpha value is -1.07. The van der Waals surface area contributed by atoms with Gasteiger partial charge in [0.25, 0.3) is 0 Å². The third-order valence-electron chi connectivity index (χ3n) is 5.33. The predicted octanol–water partition coefficient (Wildman–Crippen LogP) is 4.56. The number of cyclic esters (lactones) is 1. The lowest BCUT2D eigenvalue weighted by Crippen LogP contribution is -2.42. The van der Waals surface area contributed by atoms with Crippen molar-refractivity contribution in [1.29, 1.82) is 0 Å². The molecule has 1 saturated heterocycles. The Morgan fingerprint density at radius 1 is 1.39 bits per heavy atom. The van der Waals surface area contributed by atoms with Gasteiger partial charge < -0.3 is 9.16 Å². The normalized spacial score (nSPS) is 27.7. The molecule has 5 heteroatoms. The molecule has 0 N–H and O–H groups in total. The van der Waals surface area contributed by atoms with Gasteiger partial charge in [-0.1, -0.05) is 39.8 Å². The highest BCUT2D eigenvalue weighted by Gasteiger charge is 2.37. The van der Waals surface area contributed by atoms with Gasteiger partial charge in [-0.15, -0.1) is 0 Å². The van der Waals surface area contributed by atoms with Crippen molar-refractivity contribution in [2.24, 2.45) is 11.8 Å². The summed E-state index contributed by atoms with van der Waals surface area (Å²) in [6, 6.07) is 0. The van der Waals surface area contributed by atoms with Crippen LogP contribution in [0.15, 0.2) is 23.9 Å². The van der Waals surface area contributed by atoms with Gasteiger partial charge in [-0.2, -0.15) is 0 Å². The van der Waals surface area contributed by atoms with Crippen LogP contribution in [0.25, 0.3) is 0 Å². The number of carbonyl (C=O) groups is 1. The van der Waals surface area contributed by atoms with Crippen molar-refractivity contribution in [3.8, 4) is 0 Å². The molecule has 2 aliphatic rings. The first-order valence-electron chi connectivity index (χ1n) is 8.56. The molecule has 2 rings (SSSR count). The van der Waals surface area contributed by atoms with Crippen LogP contribution in [0, 0.1) is 11.8 Å². The Balaban J connectivity index is 1.99. The van der Waals surface area contributed by atoms with E-state index >= 15 is 0 Å². The number of amides is 1. The van der Waals surface area contributed by atoms with Crippen molar-refractivity contribution in [3.63, 3.8) is 0 Å². The quantitative estimate of drug-likeness (QED) is 0.558. The highest BCUT2D eigenvalue weighted by atomic mass is 28.4. The summed E-state index contributed by atoms with van der Waals surface area (Å²) in [5.74, 6) is 0.762. The highest BCUT2D eigenvalue weighted by molar-refractivity contribution is 6.74. The minimum Gasteiger partial charge on any atom is -0.447 e. The van der Waals surface area contributed by atoms with E-state index in [0.717, 1.165) is 13.0 Å². The molecule has 0 spiro atoms. The summed E-state index contributed by atoms with van der Waals surface area (Å²) in [6.07, 6.45) is 7.22. The van der Waals surface area contributed by atoms with Crippen LogP contribution in [0.4, 0.5) is 4.79 Å². The Morgan fingerprint density at radius 3 is 2.65 bits per heavy atom. The summed E-state index contributed by atoms with van der Waals surface area (Å²) in [7, 11) is -1.71. The molecule has 0 aromatic carbocycles. The van der Waals surface area contributed by atoms with Crippen LogP contribution < -0.4 is 0 Å². The van der Waals surface area contributed by atoms with Gasteiger partial charge in [-0.3, -0.25) is 4.90 Å². The molecule has 0 unspecified atom stereocenters. The molecule has 4 nitrogen and oxygen atoms in total.